The van der Waals surface area contributed by atoms with E-state index < -0.39 is 0 Å². The lowest BCUT2D eigenvalue weighted by Gasteiger charge is -2.20. The van der Waals surface area contributed by atoms with Crippen LogP contribution in [0.1, 0.15) is 89.0 Å². The van der Waals surface area contributed by atoms with Crippen LogP contribution in [0.5, 0.6) is 5.75 Å². The molecule has 0 aromatic heterocycles. The zero-order valence-electron chi connectivity index (χ0n) is 20.2. The molecule has 1 aliphatic rings. The minimum absolute atomic E-state index is 0.102. The van der Waals surface area contributed by atoms with Gasteiger partial charge in [-0.25, -0.2) is 0 Å². The molecule has 1 aromatic rings. The number of hydrogen-bond acceptors (Lipinski definition) is 6. The van der Waals surface area contributed by atoms with Gasteiger partial charge >= 0.3 is 0 Å². The number of amidine groups is 2. The second-order valence-electron chi connectivity index (χ2n) is 9.12. The van der Waals surface area contributed by atoms with Crippen LogP contribution in [0, 0.1) is 10.8 Å². The first-order valence-electron chi connectivity index (χ1n) is 12.7. The largest absolute Gasteiger partial charge is 0.494 e. The Balaban J connectivity index is 1.42. The molecule has 0 amide bonds. The average molecular weight is 457 g/mol. The number of rotatable bonds is 18. The number of nitrogens with two attached hydrogens (primary N) is 2. The van der Waals surface area contributed by atoms with Crippen molar-refractivity contribution in [1.29, 1.82) is 10.8 Å². The lowest BCUT2D eigenvalue weighted by molar-refractivity contribution is 0.305. The Morgan fingerprint density at radius 2 is 1.45 bits per heavy atom. The Bertz CT molecular complexity index is 731. The molecule has 0 bridgehead atoms. The molecular weight excluding hydrogens is 412 g/mol. The van der Waals surface area contributed by atoms with E-state index in [4.69, 9.17) is 27.0 Å². The highest BCUT2D eigenvalue weighted by atomic mass is 16.5. The summed E-state index contributed by atoms with van der Waals surface area (Å²) in [6, 6.07) is 8.17. The van der Waals surface area contributed by atoms with Crippen molar-refractivity contribution < 1.29 is 4.74 Å². The Morgan fingerprint density at radius 1 is 0.879 bits per heavy atom. The van der Waals surface area contributed by atoms with E-state index >= 15 is 0 Å². The lowest BCUT2D eigenvalue weighted by atomic mass is 10.0. The predicted octanol–water partition coefficient (Wildman–Crippen LogP) is 4.77. The van der Waals surface area contributed by atoms with Crippen LogP contribution < -0.4 is 21.5 Å². The van der Waals surface area contributed by atoms with E-state index in [2.05, 4.69) is 10.3 Å². The molecule has 1 atom stereocenters. The molecule has 1 unspecified atom stereocenters. The van der Waals surface area contributed by atoms with Crippen molar-refractivity contribution >= 4 is 17.4 Å². The minimum atomic E-state index is 0.102. The first kappa shape index (κ1) is 26.8. The summed E-state index contributed by atoms with van der Waals surface area (Å²) >= 11 is 0. The van der Waals surface area contributed by atoms with Gasteiger partial charge in [0.15, 0.2) is 0 Å². The fraction of sp³-hybridized carbons (Fsp3) is 0.654. The molecule has 0 radical (unpaired) electrons. The molecule has 7 N–H and O–H groups in total. The molecule has 1 heterocycles. The van der Waals surface area contributed by atoms with Gasteiger partial charge < -0.3 is 26.9 Å². The summed E-state index contributed by atoms with van der Waals surface area (Å²) in [5, 5.41) is 18.6. The van der Waals surface area contributed by atoms with Gasteiger partial charge in [-0.3, -0.25) is 10.4 Å². The number of aliphatic imine (C=N–C) groups is 1. The molecule has 0 aliphatic carbocycles. The highest BCUT2D eigenvalue weighted by molar-refractivity contribution is 5.99. The molecule has 0 fully saturated rings. The fourth-order valence-corrected chi connectivity index (χ4v) is 3.93. The third-order valence-corrected chi connectivity index (χ3v) is 5.96. The fourth-order valence-electron chi connectivity index (χ4n) is 3.93. The van der Waals surface area contributed by atoms with E-state index in [1.54, 1.807) is 0 Å². The van der Waals surface area contributed by atoms with Crippen LogP contribution in [0.2, 0.25) is 0 Å². The van der Waals surface area contributed by atoms with E-state index in [1.807, 2.05) is 24.3 Å². The van der Waals surface area contributed by atoms with Crippen LogP contribution in [0.3, 0.4) is 0 Å². The van der Waals surface area contributed by atoms with E-state index in [0.29, 0.717) is 19.0 Å². The van der Waals surface area contributed by atoms with Gasteiger partial charge in [-0.15, -0.1) is 0 Å². The second kappa shape index (κ2) is 16.2. The van der Waals surface area contributed by atoms with Gasteiger partial charge in [-0.2, -0.15) is 0 Å². The summed E-state index contributed by atoms with van der Waals surface area (Å²) in [5.41, 5.74) is 13.2. The molecule has 1 aliphatic heterocycles. The van der Waals surface area contributed by atoms with Gasteiger partial charge in [0.05, 0.1) is 19.0 Å². The number of ether oxygens (including phenoxy) is 1. The van der Waals surface area contributed by atoms with Crippen LogP contribution in [0.25, 0.3) is 0 Å². The normalized spacial score (nSPS) is 15.5. The lowest BCUT2D eigenvalue weighted by Crippen LogP contribution is -2.44. The number of nitrogens with zero attached hydrogens (tertiary/aromatic N) is 1. The summed E-state index contributed by atoms with van der Waals surface area (Å²) in [5.74, 6) is 2.10. The molecule has 184 valence electrons. The molecule has 0 saturated carbocycles. The van der Waals surface area contributed by atoms with E-state index in [9.17, 15) is 0 Å². The first-order valence-corrected chi connectivity index (χ1v) is 12.7. The molecule has 7 heteroatoms. The molecular formula is C26H44N6O. The summed E-state index contributed by atoms with van der Waals surface area (Å²) in [6.45, 7) is 2.15. The van der Waals surface area contributed by atoms with Gasteiger partial charge in [0.1, 0.15) is 11.6 Å². The van der Waals surface area contributed by atoms with Crippen LogP contribution in [0.4, 0.5) is 0 Å². The molecule has 7 nitrogen and oxygen atoms in total. The third-order valence-electron chi connectivity index (χ3n) is 5.96. The number of nitrogens with one attached hydrogen (secondary N) is 3. The maximum Gasteiger partial charge on any atom is 0.128 e. The monoisotopic (exact) mass is 456 g/mol. The van der Waals surface area contributed by atoms with Gasteiger partial charge in [0.2, 0.25) is 0 Å². The van der Waals surface area contributed by atoms with Crippen molar-refractivity contribution in [2.24, 2.45) is 16.5 Å². The van der Waals surface area contributed by atoms with Gasteiger partial charge in [-0.1, -0.05) is 32.1 Å². The summed E-state index contributed by atoms with van der Waals surface area (Å²) < 4.78 is 5.86. The van der Waals surface area contributed by atoms with Crippen molar-refractivity contribution in [3.05, 3.63) is 29.8 Å². The highest BCUT2D eigenvalue weighted by Gasteiger charge is 2.12. The van der Waals surface area contributed by atoms with Crippen molar-refractivity contribution in [2.75, 3.05) is 19.7 Å². The van der Waals surface area contributed by atoms with Crippen molar-refractivity contribution in [2.45, 2.75) is 89.5 Å². The quantitative estimate of drug-likeness (QED) is 0.124. The van der Waals surface area contributed by atoms with E-state index in [1.165, 1.54) is 32.1 Å². The van der Waals surface area contributed by atoms with Crippen LogP contribution in [-0.4, -0.2) is 43.1 Å². The minimum Gasteiger partial charge on any atom is -0.494 e. The summed E-state index contributed by atoms with van der Waals surface area (Å²) in [7, 11) is 0. The smallest absolute Gasteiger partial charge is 0.128 e. The second-order valence-corrected chi connectivity index (χ2v) is 9.12. The Labute approximate surface area is 199 Å². The summed E-state index contributed by atoms with van der Waals surface area (Å²) in [4.78, 5) is 4.48. The first-order chi connectivity index (χ1) is 16.0. The standard InChI is InChI=1S/C26H44N6O/c27-22(11-7-4-2-1-3-5-9-13-25(29)30)12-8-6-10-18-33-24-16-14-21(15-17-24)26-31-19-23(28)20-32-26/h14-17,23,27H,1-13,18-20,28H2,(H3,29,30)(H,31,32). The molecule has 33 heavy (non-hydrogen) atoms. The number of hydrogen-bond donors (Lipinski definition) is 5. The maximum absolute atomic E-state index is 8.15. The van der Waals surface area contributed by atoms with Crippen LogP contribution >= 0.6 is 0 Å². The van der Waals surface area contributed by atoms with Gasteiger partial charge in [-0.05, 0) is 69.2 Å². The Kier molecular flexibility index (Phi) is 13.2. The topological polar surface area (TPSA) is 133 Å². The van der Waals surface area contributed by atoms with E-state index in [-0.39, 0.29) is 6.04 Å². The molecule has 0 spiro atoms. The average Bonchev–Trinajstić information content (AvgIpc) is 2.81. The SMILES string of the molecule is N=C(N)CCCCCCCCCC(=N)CCCCCOc1ccc(C2=NCC(N)CN2)cc1. The summed E-state index contributed by atoms with van der Waals surface area (Å²) in [6.07, 6.45) is 14.1. The predicted molar refractivity (Wildman–Crippen MR) is 139 cm³/mol. The Morgan fingerprint density at radius 3 is 2.03 bits per heavy atom. The third kappa shape index (κ3) is 12.4. The Hall–Kier alpha value is -2.41. The van der Waals surface area contributed by atoms with E-state index in [0.717, 1.165) is 80.8 Å². The van der Waals surface area contributed by atoms with Crippen molar-refractivity contribution in [3.63, 3.8) is 0 Å². The van der Waals surface area contributed by atoms with Gasteiger partial charge in [0.25, 0.3) is 0 Å². The molecule has 1 aromatic carbocycles. The van der Waals surface area contributed by atoms with Crippen LogP contribution in [0.15, 0.2) is 29.3 Å². The highest BCUT2D eigenvalue weighted by Crippen LogP contribution is 2.15. The van der Waals surface area contributed by atoms with Crippen molar-refractivity contribution in [3.8, 4) is 5.75 Å². The number of unbranched alkanes of at least 4 members (excludes halogenated alkanes) is 8. The van der Waals surface area contributed by atoms with Crippen molar-refractivity contribution in [1.82, 2.24) is 5.32 Å². The zero-order valence-corrected chi connectivity index (χ0v) is 20.2. The molecule has 0 saturated heterocycles. The van der Waals surface area contributed by atoms with Gasteiger partial charge in [0, 0.05) is 30.3 Å². The molecule has 2 rings (SSSR count). The van der Waals surface area contributed by atoms with Crippen LogP contribution in [-0.2, 0) is 0 Å². The zero-order chi connectivity index (χ0) is 23.7. The number of benzene rings is 1. The maximum atomic E-state index is 8.15.